The van der Waals surface area contributed by atoms with E-state index in [9.17, 15) is 9.59 Å². The van der Waals surface area contributed by atoms with Gasteiger partial charge in [-0.1, -0.05) is 0 Å². The summed E-state index contributed by atoms with van der Waals surface area (Å²) in [4.78, 5) is 25.1. The Bertz CT molecular complexity index is 312. The van der Waals surface area contributed by atoms with Crippen LogP contribution in [0.2, 0.25) is 0 Å². The molecule has 1 rings (SSSR count). The van der Waals surface area contributed by atoms with E-state index in [1.54, 1.807) is 13.8 Å². The number of carbonyl (C=O) groups excluding carboxylic acids is 2. The maximum atomic E-state index is 12.4. The van der Waals surface area contributed by atoms with Gasteiger partial charge in [0.15, 0.2) is 0 Å². The summed E-state index contributed by atoms with van der Waals surface area (Å²) in [5, 5.41) is 3.23. The Morgan fingerprint density at radius 2 is 2.17 bits per heavy atom. The second kappa shape index (κ2) is 6.15. The number of primary amides is 1. The second-order valence-corrected chi connectivity index (χ2v) is 5.11. The molecule has 1 fully saturated rings. The first-order valence-corrected chi connectivity index (χ1v) is 6.23. The highest BCUT2D eigenvalue weighted by Crippen LogP contribution is 2.18. The monoisotopic (exact) mass is 257 g/mol. The molecule has 0 saturated carbocycles. The number of piperidine rings is 1. The predicted octanol–water partition coefficient (Wildman–Crippen LogP) is -0.523. The highest BCUT2D eigenvalue weighted by molar-refractivity contribution is 5.88. The average Bonchev–Trinajstić information content (AvgIpc) is 2.36. The summed E-state index contributed by atoms with van der Waals surface area (Å²) in [7, 11) is 1.49. The molecule has 3 N–H and O–H groups in total. The summed E-state index contributed by atoms with van der Waals surface area (Å²) in [6.07, 6.45) is 1.87. The summed E-state index contributed by atoms with van der Waals surface area (Å²) in [6.45, 7) is 4.97. The number of ether oxygens (including phenoxy) is 1. The fraction of sp³-hybridized carbons (Fsp3) is 0.833. The smallest absolute Gasteiger partial charge is 0.254 e. The molecule has 6 nitrogen and oxygen atoms in total. The molecule has 1 saturated heterocycles. The van der Waals surface area contributed by atoms with Crippen molar-refractivity contribution >= 4 is 11.8 Å². The van der Waals surface area contributed by atoms with Gasteiger partial charge in [-0.25, -0.2) is 0 Å². The number of hydrogen-bond acceptors (Lipinski definition) is 4. The number of amides is 2. The lowest BCUT2D eigenvalue weighted by atomic mass is 10.0. The molecular formula is C12H23N3O3. The van der Waals surface area contributed by atoms with Gasteiger partial charge in [0.1, 0.15) is 5.60 Å². The number of nitrogens with one attached hydrogen (secondary N) is 1. The third-order valence-corrected chi connectivity index (χ3v) is 3.32. The van der Waals surface area contributed by atoms with E-state index >= 15 is 0 Å². The number of nitrogens with zero attached hydrogens (tertiary/aromatic N) is 1. The first-order valence-electron chi connectivity index (χ1n) is 6.23. The summed E-state index contributed by atoms with van der Waals surface area (Å²) in [6, 6.07) is 0.00757. The van der Waals surface area contributed by atoms with E-state index in [0.29, 0.717) is 6.54 Å². The molecule has 1 unspecified atom stereocenters. The Morgan fingerprint density at radius 3 is 2.61 bits per heavy atom. The average molecular weight is 257 g/mol. The van der Waals surface area contributed by atoms with Crippen LogP contribution in [0.5, 0.6) is 0 Å². The van der Waals surface area contributed by atoms with Crippen molar-refractivity contribution in [3.05, 3.63) is 0 Å². The Balaban J connectivity index is 2.82. The van der Waals surface area contributed by atoms with Crippen LogP contribution in [-0.4, -0.2) is 55.1 Å². The van der Waals surface area contributed by atoms with Crippen molar-refractivity contribution in [1.82, 2.24) is 10.2 Å². The fourth-order valence-corrected chi connectivity index (χ4v) is 2.07. The van der Waals surface area contributed by atoms with Gasteiger partial charge in [0.05, 0.1) is 6.54 Å². The summed E-state index contributed by atoms with van der Waals surface area (Å²) < 4.78 is 5.19. The maximum Gasteiger partial charge on any atom is 0.254 e. The molecule has 0 aromatic heterocycles. The Labute approximate surface area is 108 Å². The number of carbonyl (C=O) groups is 2. The first kappa shape index (κ1) is 14.9. The maximum absolute atomic E-state index is 12.4. The van der Waals surface area contributed by atoms with Gasteiger partial charge in [0.25, 0.3) is 5.91 Å². The van der Waals surface area contributed by atoms with Gasteiger partial charge in [-0.15, -0.1) is 0 Å². The van der Waals surface area contributed by atoms with Crippen molar-refractivity contribution in [2.45, 2.75) is 38.3 Å². The summed E-state index contributed by atoms with van der Waals surface area (Å²) in [5.41, 5.74) is 4.29. The molecule has 0 spiro atoms. The van der Waals surface area contributed by atoms with Crippen LogP contribution < -0.4 is 11.1 Å². The van der Waals surface area contributed by atoms with E-state index in [1.807, 2.05) is 0 Å². The van der Waals surface area contributed by atoms with Crippen molar-refractivity contribution in [3.63, 3.8) is 0 Å². The predicted molar refractivity (Wildman–Crippen MR) is 67.9 cm³/mol. The lowest BCUT2D eigenvalue weighted by Crippen LogP contribution is -2.57. The van der Waals surface area contributed by atoms with E-state index < -0.39 is 11.5 Å². The molecule has 1 aliphatic heterocycles. The van der Waals surface area contributed by atoms with Crippen LogP contribution >= 0.6 is 0 Å². The first-order chi connectivity index (χ1) is 8.38. The molecule has 6 heteroatoms. The molecule has 2 amide bonds. The van der Waals surface area contributed by atoms with Gasteiger partial charge in [-0.05, 0) is 33.2 Å². The minimum atomic E-state index is -0.938. The molecule has 0 radical (unpaired) electrons. The van der Waals surface area contributed by atoms with Crippen LogP contribution in [-0.2, 0) is 14.3 Å². The third-order valence-electron chi connectivity index (χ3n) is 3.32. The molecule has 104 valence electrons. The molecule has 1 aliphatic rings. The highest BCUT2D eigenvalue weighted by atomic mass is 16.5. The van der Waals surface area contributed by atoms with Gasteiger partial charge in [0.2, 0.25) is 5.91 Å². The molecular weight excluding hydrogens is 234 g/mol. The zero-order valence-electron chi connectivity index (χ0n) is 11.4. The number of hydrogen-bond donors (Lipinski definition) is 2. The zero-order chi connectivity index (χ0) is 13.8. The van der Waals surface area contributed by atoms with E-state index in [0.717, 1.165) is 19.4 Å². The van der Waals surface area contributed by atoms with Gasteiger partial charge in [-0.3, -0.25) is 9.59 Å². The van der Waals surface area contributed by atoms with E-state index in [4.69, 9.17) is 10.5 Å². The van der Waals surface area contributed by atoms with Crippen LogP contribution in [0.25, 0.3) is 0 Å². The lowest BCUT2D eigenvalue weighted by molar-refractivity contribution is -0.155. The molecule has 0 aromatic carbocycles. The second-order valence-electron chi connectivity index (χ2n) is 5.11. The number of methoxy groups -OCH3 is 1. The Hall–Kier alpha value is -1.14. The Morgan fingerprint density at radius 1 is 1.50 bits per heavy atom. The third kappa shape index (κ3) is 3.68. The highest BCUT2D eigenvalue weighted by Gasteiger charge is 2.36. The van der Waals surface area contributed by atoms with Crippen LogP contribution in [0.15, 0.2) is 0 Å². The van der Waals surface area contributed by atoms with Crippen LogP contribution in [0.4, 0.5) is 0 Å². The molecule has 0 bridgehead atoms. The largest absolute Gasteiger partial charge is 0.369 e. The normalized spacial score (nSPS) is 20.5. The fourth-order valence-electron chi connectivity index (χ4n) is 2.07. The topological polar surface area (TPSA) is 84.7 Å². The number of nitrogens with two attached hydrogens (primary N) is 1. The van der Waals surface area contributed by atoms with E-state index in [2.05, 4.69) is 5.32 Å². The molecule has 1 atom stereocenters. The number of rotatable bonds is 5. The molecule has 1 heterocycles. The van der Waals surface area contributed by atoms with Crippen LogP contribution in [0.1, 0.15) is 26.7 Å². The SMILES string of the molecule is COC(C)(C)C(=O)N(CC(N)=O)C1CCCNC1. The lowest BCUT2D eigenvalue weighted by Gasteiger charge is -2.38. The van der Waals surface area contributed by atoms with Crippen molar-refractivity contribution in [2.24, 2.45) is 5.73 Å². The van der Waals surface area contributed by atoms with Gasteiger partial charge < -0.3 is 20.7 Å². The minimum absolute atomic E-state index is 0.00757. The zero-order valence-corrected chi connectivity index (χ0v) is 11.4. The summed E-state index contributed by atoms with van der Waals surface area (Å²) in [5.74, 6) is -0.696. The summed E-state index contributed by atoms with van der Waals surface area (Å²) >= 11 is 0. The van der Waals surface area contributed by atoms with E-state index in [-0.39, 0.29) is 18.5 Å². The van der Waals surface area contributed by atoms with Crippen molar-refractivity contribution < 1.29 is 14.3 Å². The van der Waals surface area contributed by atoms with Gasteiger partial charge >= 0.3 is 0 Å². The van der Waals surface area contributed by atoms with Gasteiger partial charge in [0, 0.05) is 19.7 Å². The van der Waals surface area contributed by atoms with Crippen LogP contribution in [0.3, 0.4) is 0 Å². The molecule has 0 aliphatic carbocycles. The van der Waals surface area contributed by atoms with Crippen molar-refractivity contribution in [1.29, 1.82) is 0 Å². The van der Waals surface area contributed by atoms with Crippen molar-refractivity contribution in [3.8, 4) is 0 Å². The minimum Gasteiger partial charge on any atom is -0.369 e. The van der Waals surface area contributed by atoms with Crippen LogP contribution in [0, 0.1) is 0 Å². The molecule has 0 aromatic rings. The van der Waals surface area contributed by atoms with Crippen molar-refractivity contribution in [2.75, 3.05) is 26.7 Å². The standard InChI is InChI=1S/C12H23N3O3/c1-12(2,18-3)11(17)15(8-10(13)16)9-5-4-6-14-7-9/h9,14H,4-8H2,1-3H3,(H2,13,16). The molecule has 18 heavy (non-hydrogen) atoms. The quantitative estimate of drug-likeness (QED) is 0.694. The Kier molecular flexibility index (Phi) is 5.10. The van der Waals surface area contributed by atoms with E-state index in [1.165, 1.54) is 12.0 Å². The van der Waals surface area contributed by atoms with Gasteiger partial charge in [-0.2, -0.15) is 0 Å².